The van der Waals surface area contributed by atoms with Gasteiger partial charge in [0.15, 0.2) is 0 Å². The Labute approximate surface area is 228 Å². The highest BCUT2D eigenvalue weighted by molar-refractivity contribution is 5.89. The molecule has 39 heavy (non-hydrogen) atoms. The van der Waals surface area contributed by atoms with Crippen LogP contribution in [0.25, 0.3) is 11.1 Å². The Morgan fingerprint density at radius 2 is 1.85 bits per heavy atom. The van der Waals surface area contributed by atoms with Gasteiger partial charge in [-0.15, -0.1) is 0 Å². The number of anilines is 2. The number of aromatic nitrogens is 1. The van der Waals surface area contributed by atoms with E-state index in [0.29, 0.717) is 31.0 Å². The number of halogens is 1. The number of nitrogens with one attached hydrogen (secondary N) is 3. The zero-order valence-corrected chi connectivity index (χ0v) is 21.7. The van der Waals surface area contributed by atoms with E-state index >= 15 is 0 Å². The smallest absolute Gasteiger partial charge is 0.319 e. The van der Waals surface area contributed by atoms with Crippen LogP contribution in [0.2, 0.25) is 0 Å². The lowest BCUT2D eigenvalue weighted by Crippen LogP contribution is -2.43. The van der Waals surface area contributed by atoms with E-state index in [1.807, 2.05) is 42.5 Å². The maximum Gasteiger partial charge on any atom is 0.319 e. The lowest BCUT2D eigenvalue weighted by atomic mass is 9.97. The van der Waals surface area contributed by atoms with Gasteiger partial charge in [-0.05, 0) is 76.9 Å². The summed E-state index contributed by atoms with van der Waals surface area (Å²) in [6.07, 6.45) is 4.04. The van der Waals surface area contributed by atoms with Crippen LogP contribution in [0, 0.1) is 5.82 Å². The van der Waals surface area contributed by atoms with E-state index in [1.165, 1.54) is 6.07 Å². The number of nitrogens with zero attached hydrogens (tertiary/aromatic N) is 2. The molecule has 0 aliphatic carbocycles. The van der Waals surface area contributed by atoms with Crippen LogP contribution in [0.15, 0.2) is 91.3 Å². The first kappa shape index (κ1) is 26.2. The molecule has 7 nitrogen and oxygen atoms in total. The van der Waals surface area contributed by atoms with Gasteiger partial charge in [0.25, 0.3) is 0 Å². The van der Waals surface area contributed by atoms with E-state index in [0.717, 1.165) is 54.1 Å². The van der Waals surface area contributed by atoms with Crippen molar-refractivity contribution in [2.45, 2.75) is 13.0 Å². The number of urea groups is 1. The zero-order valence-electron chi connectivity index (χ0n) is 21.7. The van der Waals surface area contributed by atoms with Crippen molar-refractivity contribution in [3.63, 3.8) is 0 Å². The van der Waals surface area contributed by atoms with Gasteiger partial charge in [0.1, 0.15) is 11.6 Å². The van der Waals surface area contributed by atoms with E-state index < -0.39 is 0 Å². The number of hydrogen-bond acceptors (Lipinski definition) is 5. The Bertz CT molecular complexity index is 1380. The van der Waals surface area contributed by atoms with Crippen molar-refractivity contribution in [3.05, 3.63) is 108 Å². The average Bonchev–Trinajstić information content (AvgIpc) is 2.99. The molecule has 8 heteroatoms. The molecule has 0 spiro atoms. The van der Waals surface area contributed by atoms with E-state index in [1.54, 1.807) is 30.6 Å². The molecule has 0 bridgehead atoms. The largest absolute Gasteiger partial charge is 0.493 e. The van der Waals surface area contributed by atoms with Crippen molar-refractivity contribution < 1.29 is 13.9 Å². The normalized spacial score (nSPS) is 13.1. The molecule has 4 aromatic rings. The molecule has 0 radical (unpaired) electrons. The zero-order chi connectivity index (χ0) is 26.9. The Morgan fingerprint density at radius 1 is 1.00 bits per heavy atom. The first-order valence-corrected chi connectivity index (χ1v) is 13.2. The summed E-state index contributed by atoms with van der Waals surface area (Å²) in [4.78, 5) is 18.6. The Hall–Kier alpha value is -4.43. The average molecular weight is 526 g/mol. The fourth-order valence-corrected chi connectivity index (χ4v) is 4.60. The van der Waals surface area contributed by atoms with Crippen molar-refractivity contribution in [2.24, 2.45) is 0 Å². The molecule has 2 heterocycles. The monoisotopic (exact) mass is 525 g/mol. The molecule has 1 aliphatic rings. The van der Waals surface area contributed by atoms with Gasteiger partial charge in [-0.25, -0.2) is 9.18 Å². The summed E-state index contributed by atoms with van der Waals surface area (Å²) in [5.74, 6) is 0.440. The summed E-state index contributed by atoms with van der Waals surface area (Å²) in [5, 5.41) is 9.00. The SMILES string of the molecule is O=C(NCc1cccnc1)Nc1ccc(OCCc2ccc(F)cc2-c2cccc(N3CCNCC3)c2)cc1. The lowest BCUT2D eigenvalue weighted by Gasteiger charge is -2.29. The first-order valence-electron chi connectivity index (χ1n) is 13.2. The Kier molecular flexibility index (Phi) is 8.65. The molecule has 3 N–H and O–H groups in total. The minimum atomic E-state index is -0.294. The Balaban J connectivity index is 1.16. The van der Waals surface area contributed by atoms with Crippen LogP contribution in [0.4, 0.5) is 20.6 Å². The number of carbonyl (C=O) groups is 1. The standard InChI is InChI=1S/C31H32FN5O2/c32-26-7-6-24(30(20-26)25-4-1-5-28(19-25)37-16-14-33-15-17-37)12-18-39-29-10-8-27(9-11-29)36-31(38)35-22-23-3-2-13-34-21-23/h1-11,13,19-21,33H,12,14-18,22H2,(H2,35,36,38). The molecular weight excluding hydrogens is 493 g/mol. The van der Waals surface area contributed by atoms with Crippen LogP contribution < -0.4 is 25.6 Å². The number of piperazine rings is 1. The number of rotatable bonds is 9. The summed E-state index contributed by atoms with van der Waals surface area (Å²) in [6.45, 7) is 4.67. The molecule has 0 unspecified atom stereocenters. The molecule has 200 valence electrons. The summed E-state index contributed by atoms with van der Waals surface area (Å²) < 4.78 is 20.2. The minimum Gasteiger partial charge on any atom is -0.493 e. The van der Waals surface area contributed by atoms with Crippen LogP contribution in [-0.4, -0.2) is 43.8 Å². The molecule has 0 atom stereocenters. The van der Waals surface area contributed by atoms with Gasteiger partial charge < -0.3 is 25.6 Å². The fraction of sp³-hybridized carbons (Fsp3) is 0.226. The third kappa shape index (κ3) is 7.33. The number of hydrogen-bond donors (Lipinski definition) is 3. The van der Waals surface area contributed by atoms with Crippen LogP contribution in [0.1, 0.15) is 11.1 Å². The van der Waals surface area contributed by atoms with Gasteiger partial charge in [-0.2, -0.15) is 0 Å². The van der Waals surface area contributed by atoms with Crippen molar-refractivity contribution in [1.82, 2.24) is 15.6 Å². The molecule has 1 fully saturated rings. The maximum atomic E-state index is 14.3. The van der Waals surface area contributed by atoms with Gasteiger partial charge in [-0.3, -0.25) is 4.98 Å². The predicted molar refractivity (Wildman–Crippen MR) is 153 cm³/mol. The van der Waals surface area contributed by atoms with Gasteiger partial charge in [0, 0.05) is 62.9 Å². The fourth-order valence-electron chi connectivity index (χ4n) is 4.60. The van der Waals surface area contributed by atoms with Gasteiger partial charge in [0.05, 0.1) is 6.61 Å². The number of ether oxygens (including phenoxy) is 1. The molecule has 2 amide bonds. The molecule has 1 aliphatic heterocycles. The lowest BCUT2D eigenvalue weighted by molar-refractivity contribution is 0.251. The van der Waals surface area contributed by atoms with Gasteiger partial charge in [0.2, 0.25) is 0 Å². The van der Waals surface area contributed by atoms with Crippen molar-refractivity contribution in [3.8, 4) is 16.9 Å². The highest BCUT2D eigenvalue weighted by atomic mass is 19.1. The molecule has 5 rings (SSSR count). The van der Waals surface area contributed by atoms with Crippen LogP contribution in [0.3, 0.4) is 0 Å². The predicted octanol–water partition coefficient (Wildman–Crippen LogP) is 5.24. The number of benzene rings is 3. The highest BCUT2D eigenvalue weighted by Crippen LogP contribution is 2.29. The number of pyridine rings is 1. The maximum absolute atomic E-state index is 14.3. The first-order chi connectivity index (χ1) is 19.1. The molecular formula is C31H32FN5O2. The van der Waals surface area contributed by atoms with E-state index in [2.05, 4.69) is 38.0 Å². The van der Waals surface area contributed by atoms with Gasteiger partial charge in [-0.1, -0.05) is 24.3 Å². The van der Waals surface area contributed by atoms with Crippen molar-refractivity contribution in [2.75, 3.05) is 43.0 Å². The van der Waals surface area contributed by atoms with E-state index in [9.17, 15) is 9.18 Å². The second-order valence-electron chi connectivity index (χ2n) is 9.38. The number of carbonyl (C=O) groups excluding carboxylic acids is 1. The topological polar surface area (TPSA) is 78.5 Å². The highest BCUT2D eigenvalue weighted by Gasteiger charge is 2.13. The van der Waals surface area contributed by atoms with Gasteiger partial charge >= 0.3 is 6.03 Å². The summed E-state index contributed by atoms with van der Waals surface area (Å²) in [6, 6.07) is 23.9. The van der Waals surface area contributed by atoms with Crippen molar-refractivity contribution in [1.29, 1.82) is 0 Å². The van der Waals surface area contributed by atoms with E-state index in [-0.39, 0.29) is 11.8 Å². The van der Waals surface area contributed by atoms with E-state index in [4.69, 9.17) is 4.74 Å². The number of amides is 2. The van der Waals surface area contributed by atoms with Crippen LogP contribution in [0.5, 0.6) is 5.75 Å². The quantitative estimate of drug-likeness (QED) is 0.279. The second kappa shape index (κ2) is 12.9. The van der Waals surface area contributed by atoms with Crippen molar-refractivity contribution >= 4 is 17.4 Å². The van der Waals surface area contributed by atoms with Crippen LogP contribution >= 0.6 is 0 Å². The summed E-state index contributed by atoms with van der Waals surface area (Å²) in [5.41, 5.74) is 5.65. The second-order valence-corrected chi connectivity index (χ2v) is 9.38. The molecule has 0 saturated carbocycles. The molecule has 1 saturated heterocycles. The third-order valence-electron chi connectivity index (χ3n) is 6.64. The third-order valence-corrected chi connectivity index (χ3v) is 6.64. The summed E-state index contributed by atoms with van der Waals surface area (Å²) in [7, 11) is 0. The summed E-state index contributed by atoms with van der Waals surface area (Å²) >= 11 is 0. The molecule has 3 aromatic carbocycles. The minimum absolute atomic E-state index is 0.255. The Morgan fingerprint density at radius 3 is 2.64 bits per heavy atom. The molecule has 1 aromatic heterocycles. The van der Waals surface area contributed by atoms with Crippen LogP contribution in [-0.2, 0) is 13.0 Å².